The summed E-state index contributed by atoms with van der Waals surface area (Å²) in [6, 6.07) is 14.0. The fraction of sp³-hybridized carbons (Fsp3) is 0.275. The molecule has 292 valence electrons. The molecule has 5 heterocycles. The lowest BCUT2D eigenvalue weighted by atomic mass is 10.0. The Kier molecular flexibility index (Phi) is 10.1. The van der Waals surface area contributed by atoms with Crippen molar-refractivity contribution in [1.82, 2.24) is 44.4 Å². The van der Waals surface area contributed by atoms with Gasteiger partial charge >= 0.3 is 18.0 Å². The maximum atomic E-state index is 13.1. The second-order valence-corrected chi connectivity index (χ2v) is 14.5. The van der Waals surface area contributed by atoms with E-state index in [4.69, 9.17) is 34.4 Å². The van der Waals surface area contributed by atoms with Crippen molar-refractivity contribution in [3.63, 3.8) is 0 Å². The van der Waals surface area contributed by atoms with Crippen LogP contribution in [0.15, 0.2) is 85.7 Å². The summed E-state index contributed by atoms with van der Waals surface area (Å²) < 4.78 is 18.8. The van der Waals surface area contributed by atoms with Gasteiger partial charge in [-0.2, -0.15) is 10.2 Å². The Bertz CT molecular complexity index is 2300. The number of anilines is 4. The number of carbonyl (C=O) groups is 3. The van der Waals surface area contributed by atoms with Gasteiger partial charge in [-0.15, -0.1) is 0 Å². The summed E-state index contributed by atoms with van der Waals surface area (Å²) in [6.07, 6.45) is 9.88. The average Bonchev–Trinajstić information content (AvgIpc) is 3.85. The van der Waals surface area contributed by atoms with E-state index in [1.807, 2.05) is 58.9 Å². The number of amides is 1. The molecule has 2 N–H and O–H groups in total. The zero-order chi connectivity index (χ0) is 40.5. The van der Waals surface area contributed by atoms with Gasteiger partial charge in [0.05, 0.1) is 86.0 Å². The van der Waals surface area contributed by atoms with E-state index in [1.54, 1.807) is 75.7 Å². The van der Waals surface area contributed by atoms with Gasteiger partial charge in [0, 0.05) is 23.5 Å². The molecule has 57 heavy (non-hydrogen) atoms. The monoisotopic (exact) mass is 771 g/mol. The van der Waals surface area contributed by atoms with Crippen LogP contribution in [0.3, 0.4) is 0 Å². The molecule has 17 heteroatoms. The van der Waals surface area contributed by atoms with Gasteiger partial charge in [0.15, 0.2) is 5.66 Å². The minimum atomic E-state index is -0.919. The predicted octanol–water partition coefficient (Wildman–Crippen LogP) is 6.12. The Morgan fingerprint density at radius 1 is 0.667 bits per heavy atom. The maximum Gasteiger partial charge on any atom is 0.410 e. The first-order chi connectivity index (χ1) is 27.2. The Hall–Kier alpha value is -7.17. The molecule has 0 aliphatic carbocycles. The third-order valence-corrected chi connectivity index (χ3v) is 9.17. The summed E-state index contributed by atoms with van der Waals surface area (Å²) in [4.78, 5) is 57.0. The van der Waals surface area contributed by atoms with Gasteiger partial charge in [0.1, 0.15) is 5.60 Å². The molecule has 0 unspecified atom stereocenters. The van der Waals surface area contributed by atoms with Crippen LogP contribution in [0.5, 0.6) is 0 Å². The number of rotatable bonds is 10. The van der Waals surface area contributed by atoms with Crippen LogP contribution in [0.4, 0.5) is 28.1 Å². The van der Waals surface area contributed by atoms with Crippen LogP contribution in [0.25, 0.3) is 22.5 Å². The summed E-state index contributed by atoms with van der Waals surface area (Å²) in [5.74, 6) is -0.157. The Morgan fingerprint density at radius 3 is 1.47 bits per heavy atom. The molecule has 1 amide bonds. The zero-order valence-electron chi connectivity index (χ0n) is 32.5. The number of aromatic nitrogens is 8. The van der Waals surface area contributed by atoms with E-state index in [0.29, 0.717) is 45.8 Å². The number of esters is 2. The number of ether oxygens (including phenoxy) is 3. The van der Waals surface area contributed by atoms with Crippen LogP contribution in [0.1, 0.15) is 52.6 Å². The van der Waals surface area contributed by atoms with Crippen molar-refractivity contribution in [3.8, 4) is 22.5 Å². The lowest BCUT2D eigenvalue weighted by Crippen LogP contribution is -2.68. The third kappa shape index (κ3) is 7.98. The highest BCUT2D eigenvalue weighted by Crippen LogP contribution is 2.34. The van der Waals surface area contributed by atoms with Gasteiger partial charge in [0.25, 0.3) is 0 Å². The maximum absolute atomic E-state index is 13.1. The molecular weight excluding hydrogens is 731 g/mol. The predicted molar refractivity (Wildman–Crippen MR) is 209 cm³/mol. The summed E-state index contributed by atoms with van der Waals surface area (Å²) in [6.45, 7) is 9.70. The average molecular weight is 772 g/mol. The van der Waals surface area contributed by atoms with Crippen LogP contribution >= 0.6 is 0 Å². The molecule has 6 aromatic rings. The van der Waals surface area contributed by atoms with Crippen molar-refractivity contribution < 1.29 is 28.6 Å². The number of carbonyl (C=O) groups excluding carboxylic acids is 3. The van der Waals surface area contributed by atoms with E-state index in [0.717, 1.165) is 22.3 Å². The molecule has 0 spiro atoms. The van der Waals surface area contributed by atoms with Crippen LogP contribution < -0.4 is 10.6 Å². The van der Waals surface area contributed by atoms with E-state index in [2.05, 4.69) is 20.6 Å². The lowest BCUT2D eigenvalue weighted by molar-refractivity contribution is -0.0498. The molecule has 0 radical (unpaired) electrons. The minimum absolute atomic E-state index is 0.212. The summed E-state index contributed by atoms with van der Waals surface area (Å²) >= 11 is 0. The van der Waals surface area contributed by atoms with Gasteiger partial charge < -0.3 is 24.8 Å². The number of hydrogen-bond acceptors (Lipinski definition) is 14. The summed E-state index contributed by atoms with van der Waals surface area (Å²) in [7, 11) is 2.68. The molecule has 4 aromatic heterocycles. The molecule has 0 atom stereocenters. The highest BCUT2D eigenvalue weighted by atomic mass is 16.6. The lowest BCUT2D eigenvalue weighted by Gasteiger charge is -2.49. The van der Waals surface area contributed by atoms with Crippen molar-refractivity contribution in [2.75, 3.05) is 37.9 Å². The Morgan fingerprint density at radius 2 is 1.09 bits per heavy atom. The van der Waals surface area contributed by atoms with Gasteiger partial charge in [-0.1, -0.05) is 24.3 Å². The van der Waals surface area contributed by atoms with Crippen molar-refractivity contribution in [2.24, 2.45) is 0 Å². The first-order valence-electron chi connectivity index (χ1n) is 17.9. The first-order valence-corrected chi connectivity index (χ1v) is 17.9. The largest absolute Gasteiger partial charge is 0.465 e. The number of aryl methyl sites for hydroxylation is 2. The molecular formula is C40H41N11O6. The summed E-state index contributed by atoms with van der Waals surface area (Å²) in [5.41, 5.74) is 5.19. The van der Waals surface area contributed by atoms with E-state index < -0.39 is 29.3 Å². The molecule has 1 aliphatic heterocycles. The highest BCUT2D eigenvalue weighted by molar-refractivity contribution is 5.90. The fourth-order valence-corrected chi connectivity index (χ4v) is 6.26. The number of benzene rings is 2. The number of likely N-dealkylation sites (tertiary alicyclic amines) is 1. The molecule has 1 saturated heterocycles. The van der Waals surface area contributed by atoms with Gasteiger partial charge in [-0.25, -0.2) is 43.7 Å². The Balaban J connectivity index is 1.14. The smallest absolute Gasteiger partial charge is 0.410 e. The fourth-order valence-electron chi connectivity index (χ4n) is 6.26. The number of hydrogen-bond donors (Lipinski definition) is 2. The highest BCUT2D eigenvalue weighted by Gasteiger charge is 2.51. The number of nitrogens with one attached hydrogen (secondary N) is 2. The van der Waals surface area contributed by atoms with Crippen LogP contribution in [-0.4, -0.2) is 95.3 Å². The summed E-state index contributed by atoms with van der Waals surface area (Å²) in [5, 5.41) is 15.9. The van der Waals surface area contributed by atoms with Crippen LogP contribution in [-0.2, 0) is 19.9 Å². The van der Waals surface area contributed by atoms with E-state index in [-0.39, 0.29) is 13.1 Å². The molecule has 7 rings (SSSR count). The standard InChI is InChI=1S/C40H41N11O6/c1-24-16-41-36(47-32(24)26-8-12-28(13-9-26)34(52)55-6)45-30-18-43-50(20-30)40(22-49(23-40)38(54)57-39(3,4)5)51-21-31(19-44-51)46-37-42-17-25(2)33(48-37)27-10-14-29(15-11-27)35(53)56-7/h8-21H,22-23H2,1-7H3,(H,41,45,47)(H,42,46,48). The van der Waals surface area contributed by atoms with Gasteiger partial charge in [-0.05, 0) is 70.0 Å². The third-order valence-electron chi connectivity index (χ3n) is 9.17. The minimum Gasteiger partial charge on any atom is -0.465 e. The molecule has 1 aliphatic rings. The second kappa shape index (κ2) is 15.2. The normalized spacial score (nSPS) is 13.4. The first kappa shape index (κ1) is 38.1. The topological polar surface area (TPSA) is 193 Å². The quantitative estimate of drug-likeness (QED) is 0.119. The van der Waals surface area contributed by atoms with Crippen LogP contribution in [0, 0.1) is 13.8 Å². The van der Waals surface area contributed by atoms with Crippen molar-refractivity contribution in [3.05, 3.63) is 108 Å². The van der Waals surface area contributed by atoms with Crippen molar-refractivity contribution in [1.29, 1.82) is 0 Å². The van der Waals surface area contributed by atoms with E-state index >= 15 is 0 Å². The zero-order valence-corrected chi connectivity index (χ0v) is 32.5. The molecule has 1 fully saturated rings. The Labute approximate surface area is 328 Å². The number of methoxy groups -OCH3 is 2. The van der Waals surface area contributed by atoms with Crippen molar-refractivity contribution in [2.45, 2.75) is 45.9 Å². The molecule has 2 aromatic carbocycles. The number of nitrogens with zero attached hydrogens (tertiary/aromatic N) is 9. The van der Waals surface area contributed by atoms with Crippen LogP contribution in [0.2, 0.25) is 0 Å². The second-order valence-electron chi connectivity index (χ2n) is 14.5. The molecule has 0 saturated carbocycles. The van der Waals surface area contributed by atoms with E-state index in [1.165, 1.54) is 14.2 Å². The van der Waals surface area contributed by atoms with Gasteiger partial charge in [-0.3, -0.25) is 4.90 Å². The van der Waals surface area contributed by atoms with Gasteiger partial charge in [0.2, 0.25) is 11.9 Å². The SMILES string of the molecule is COC(=O)c1ccc(-c2nc(Nc3cnn(C4(n5cc(Nc6ncc(C)c(-c7ccc(C(=O)OC)cc7)n6)cn5)CN(C(=O)OC(C)(C)C)C4)c3)ncc2C)cc1. The molecule has 17 nitrogen and oxygen atoms in total. The van der Waals surface area contributed by atoms with E-state index in [9.17, 15) is 14.4 Å². The van der Waals surface area contributed by atoms with Crippen molar-refractivity contribution >= 4 is 41.3 Å². The molecule has 0 bridgehead atoms.